The fraction of sp³-hybridized carbons (Fsp3) is 0.300. The van der Waals surface area contributed by atoms with Crippen LogP contribution in [0.5, 0.6) is 0 Å². The number of aromatic nitrogens is 2. The van der Waals surface area contributed by atoms with Crippen LogP contribution in [-0.4, -0.2) is 15.9 Å². The van der Waals surface area contributed by atoms with E-state index in [-0.39, 0.29) is 0 Å². The third-order valence-corrected chi connectivity index (χ3v) is 2.21. The average Bonchev–Trinajstić information content (AvgIpc) is 2.44. The minimum atomic E-state index is 0.670. The van der Waals surface area contributed by atoms with Crippen LogP contribution in [-0.2, 0) is 6.42 Å². The Morgan fingerprint density at radius 3 is 3.08 bits per heavy atom. The van der Waals surface area contributed by atoms with Crippen molar-refractivity contribution in [2.75, 3.05) is 6.54 Å². The third kappa shape index (κ3) is 1.31. The molecule has 0 radical (unpaired) electrons. The van der Waals surface area contributed by atoms with E-state index in [1.165, 1.54) is 5.69 Å². The molecule has 0 aromatic carbocycles. The molecule has 0 fully saturated rings. The molecule has 68 valence electrons. The van der Waals surface area contributed by atoms with E-state index in [2.05, 4.69) is 9.38 Å². The van der Waals surface area contributed by atoms with Crippen molar-refractivity contribution in [1.29, 1.82) is 0 Å². The van der Waals surface area contributed by atoms with Crippen LogP contribution >= 0.6 is 0 Å². The molecule has 2 rings (SSSR count). The van der Waals surface area contributed by atoms with Crippen molar-refractivity contribution in [1.82, 2.24) is 9.38 Å². The Morgan fingerprint density at radius 1 is 1.46 bits per heavy atom. The lowest BCUT2D eigenvalue weighted by Crippen LogP contribution is -2.06. The summed E-state index contributed by atoms with van der Waals surface area (Å²) < 4.78 is 2.10. The van der Waals surface area contributed by atoms with Gasteiger partial charge in [-0.2, -0.15) is 0 Å². The number of nitrogens with two attached hydrogens (primary N) is 1. The summed E-state index contributed by atoms with van der Waals surface area (Å²) in [5.41, 5.74) is 8.84. The summed E-state index contributed by atoms with van der Waals surface area (Å²) in [6.45, 7) is 2.70. The van der Waals surface area contributed by atoms with Crippen molar-refractivity contribution >= 4 is 5.65 Å². The van der Waals surface area contributed by atoms with Gasteiger partial charge in [0, 0.05) is 18.3 Å². The predicted octanol–water partition coefficient (Wildman–Crippen LogP) is 1.14. The number of hydrogen-bond donors (Lipinski definition) is 1. The Kier molecular flexibility index (Phi) is 2.02. The first-order valence-electron chi connectivity index (χ1n) is 4.45. The van der Waals surface area contributed by atoms with E-state index < -0.39 is 0 Å². The van der Waals surface area contributed by atoms with E-state index in [9.17, 15) is 0 Å². The summed E-state index contributed by atoms with van der Waals surface area (Å²) >= 11 is 0. The van der Waals surface area contributed by atoms with Crippen molar-refractivity contribution in [3.05, 3.63) is 35.8 Å². The zero-order valence-corrected chi connectivity index (χ0v) is 7.70. The van der Waals surface area contributed by atoms with Gasteiger partial charge in [-0.1, -0.05) is 6.07 Å². The minimum Gasteiger partial charge on any atom is -0.330 e. The second-order valence-electron chi connectivity index (χ2n) is 3.11. The summed E-state index contributed by atoms with van der Waals surface area (Å²) in [5, 5.41) is 0. The van der Waals surface area contributed by atoms with Crippen molar-refractivity contribution in [3.8, 4) is 0 Å². The topological polar surface area (TPSA) is 43.3 Å². The standard InChI is InChI=1S/C10H13N3/c1-8-9(5-6-11)13-7-3-2-4-10(13)12-8/h2-4,7H,5-6,11H2,1H3. The maximum absolute atomic E-state index is 5.54. The third-order valence-electron chi connectivity index (χ3n) is 2.21. The quantitative estimate of drug-likeness (QED) is 0.744. The first-order chi connectivity index (χ1) is 6.33. The highest BCUT2D eigenvalue weighted by atomic mass is 15.0. The van der Waals surface area contributed by atoms with Gasteiger partial charge in [-0.3, -0.25) is 0 Å². The number of imidazole rings is 1. The molecule has 2 aromatic rings. The average molecular weight is 175 g/mol. The van der Waals surface area contributed by atoms with Crippen LogP contribution in [0.3, 0.4) is 0 Å². The molecule has 0 aliphatic heterocycles. The Hall–Kier alpha value is -1.35. The predicted molar refractivity (Wildman–Crippen MR) is 52.7 cm³/mol. The summed E-state index contributed by atoms with van der Waals surface area (Å²) in [5.74, 6) is 0. The van der Waals surface area contributed by atoms with Crippen LogP contribution in [0.4, 0.5) is 0 Å². The lowest BCUT2D eigenvalue weighted by atomic mass is 10.2. The highest BCUT2D eigenvalue weighted by molar-refractivity contribution is 5.42. The Morgan fingerprint density at radius 2 is 2.31 bits per heavy atom. The van der Waals surface area contributed by atoms with Gasteiger partial charge in [0.25, 0.3) is 0 Å². The molecule has 2 heterocycles. The van der Waals surface area contributed by atoms with Crippen LogP contribution in [0, 0.1) is 6.92 Å². The zero-order valence-electron chi connectivity index (χ0n) is 7.70. The first kappa shape index (κ1) is 8.26. The summed E-state index contributed by atoms with van der Waals surface area (Å²) in [6, 6.07) is 6.01. The minimum absolute atomic E-state index is 0.670. The lowest BCUT2D eigenvalue weighted by Gasteiger charge is -1.99. The van der Waals surface area contributed by atoms with Crippen LogP contribution in [0.1, 0.15) is 11.4 Å². The van der Waals surface area contributed by atoms with Gasteiger partial charge in [0.1, 0.15) is 5.65 Å². The molecule has 0 bridgehead atoms. The number of aryl methyl sites for hydroxylation is 1. The van der Waals surface area contributed by atoms with Crippen molar-refractivity contribution in [2.24, 2.45) is 5.73 Å². The molecular weight excluding hydrogens is 162 g/mol. The molecule has 0 aliphatic rings. The number of pyridine rings is 1. The van der Waals surface area contributed by atoms with Gasteiger partial charge < -0.3 is 10.1 Å². The first-order valence-corrected chi connectivity index (χ1v) is 4.45. The van der Waals surface area contributed by atoms with Gasteiger partial charge in [0.15, 0.2) is 0 Å². The van der Waals surface area contributed by atoms with Crippen molar-refractivity contribution in [3.63, 3.8) is 0 Å². The Labute approximate surface area is 77.2 Å². The molecule has 2 aromatic heterocycles. The smallest absolute Gasteiger partial charge is 0.137 e. The van der Waals surface area contributed by atoms with Gasteiger partial charge in [-0.25, -0.2) is 4.98 Å². The van der Waals surface area contributed by atoms with Gasteiger partial charge in [0.05, 0.1) is 5.69 Å². The molecule has 13 heavy (non-hydrogen) atoms. The molecule has 0 unspecified atom stereocenters. The molecule has 0 atom stereocenters. The van der Waals surface area contributed by atoms with Crippen molar-refractivity contribution < 1.29 is 0 Å². The van der Waals surface area contributed by atoms with Crippen LogP contribution < -0.4 is 5.73 Å². The molecule has 0 amide bonds. The second-order valence-corrected chi connectivity index (χ2v) is 3.11. The molecule has 0 aliphatic carbocycles. The molecule has 3 heteroatoms. The van der Waals surface area contributed by atoms with Crippen LogP contribution in [0.15, 0.2) is 24.4 Å². The maximum Gasteiger partial charge on any atom is 0.137 e. The SMILES string of the molecule is Cc1nc2ccccn2c1CCN. The molecule has 0 saturated heterocycles. The monoisotopic (exact) mass is 175 g/mol. The number of nitrogens with zero attached hydrogens (tertiary/aromatic N) is 2. The molecular formula is C10H13N3. The van der Waals surface area contributed by atoms with E-state index in [1.54, 1.807) is 0 Å². The fourth-order valence-corrected chi connectivity index (χ4v) is 1.60. The fourth-order valence-electron chi connectivity index (χ4n) is 1.60. The van der Waals surface area contributed by atoms with E-state index in [0.29, 0.717) is 6.54 Å². The van der Waals surface area contributed by atoms with E-state index in [4.69, 9.17) is 5.73 Å². The van der Waals surface area contributed by atoms with Gasteiger partial charge >= 0.3 is 0 Å². The normalized spacial score (nSPS) is 10.9. The Balaban J connectivity index is 2.64. The van der Waals surface area contributed by atoms with E-state index in [0.717, 1.165) is 17.8 Å². The highest BCUT2D eigenvalue weighted by Crippen LogP contribution is 2.11. The highest BCUT2D eigenvalue weighted by Gasteiger charge is 2.05. The van der Waals surface area contributed by atoms with Crippen LogP contribution in [0.2, 0.25) is 0 Å². The van der Waals surface area contributed by atoms with Crippen molar-refractivity contribution in [2.45, 2.75) is 13.3 Å². The summed E-state index contributed by atoms with van der Waals surface area (Å²) in [6.07, 6.45) is 2.91. The summed E-state index contributed by atoms with van der Waals surface area (Å²) in [4.78, 5) is 4.44. The largest absolute Gasteiger partial charge is 0.330 e. The second kappa shape index (κ2) is 3.18. The van der Waals surface area contributed by atoms with Gasteiger partial charge in [0.2, 0.25) is 0 Å². The van der Waals surface area contributed by atoms with E-state index in [1.807, 2.05) is 31.3 Å². The lowest BCUT2D eigenvalue weighted by molar-refractivity contribution is 0.893. The molecule has 0 saturated carbocycles. The van der Waals surface area contributed by atoms with Gasteiger partial charge in [-0.05, 0) is 25.6 Å². The summed E-state index contributed by atoms with van der Waals surface area (Å²) in [7, 11) is 0. The molecule has 2 N–H and O–H groups in total. The number of rotatable bonds is 2. The Bertz CT molecular complexity index is 417. The maximum atomic E-state index is 5.54. The molecule has 0 spiro atoms. The zero-order chi connectivity index (χ0) is 9.26. The van der Waals surface area contributed by atoms with E-state index >= 15 is 0 Å². The van der Waals surface area contributed by atoms with Crippen LogP contribution in [0.25, 0.3) is 5.65 Å². The number of fused-ring (bicyclic) bond motifs is 1. The molecule has 3 nitrogen and oxygen atoms in total. The van der Waals surface area contributed by atoms with Gasteiger partial charge in [-0.15, -0.1) is 0 Å². The number of hydrogen-bond acceptors (Lipinski definition) is 2.